The second kappa shape index (κ2) is 3.01. The second-order valence-corrected chi connectivity index (χ2v) is 1.96. The van der Waals surface area contributed by atoms with Crippen molar-refractivity contribution in [2.45, 2.75) is 25.6 Å². The van der Waals surface area contributed by atoms with Crippen molar-refractivity contribution in [3.63, 3.8) is 0 Å². The van der Waals surface area contributed by atoms with E-state index in [2.05, 4.69) is 0 Å². The molecule has 0 spiro atoms. The summed E-state index contributed by atoms with van der Waals surface area (Å²) < 4.78 is 34.2. The Morgan fingerprint density at radius 3 is 2.10 bits per heavy atom. The van der Waals surface area contributed by atoms with E-state index in [-0.39, 0.29) is 0 Å². The number of aliphatic hydroxyl groups is 1. The number of rotatable bonds is 2. The van der Waals surface area contributed by atoms with Crippen molar-refractivity contribution in [1.29, 1.82) is 0 Å². The molecule has 0 aromatic carbocycles. The van der Waals surface area contributed by atoms with Crippen molar-refractivity contribution >= 4 is 5.78 Å². The molecule has 0 aliphatic heterocycles. The number of hydrogen-bond donors (Lipinski definition) is 1. The lowest BCUT2D eigenvalue weighted by atomic mass is 10.2. The number of halogens is 3. The van der Waals surface area contributed by atoms with Gasteiger partial charge in [-0.05, 0) is 6.92 Å². The van der Waals surface area contributed by atoms with Gasteiger partial charge in [-0.2, -0.15) is 13.2 Å². The first-order valence-electron chi connectivity index (χ1n) is 2.58. The normalized spacial score (nSPS) is 14.9. The third kappa shape index (κ3) is 3.45. The molecule has 0 aliphatic rings. The van der Waals surface area contributed by atoms with Crippen LogP contribution >= 0.6 is 0 Å². The van der Waals surface area contributed by atoms with Gasteiger partial charge in [-0.15, -0.1) is 0 Å². The Kier molecular flexibility index (Phi) is 2.83. The molecule has 0 aliphatic carbocycles. The maximum absolute atomic E-state index is 11.4. The summed E-state index contributed by atoms with van der Waals surface area (Å²) in [5.74, 6) is -0.676. The van der Waals surface area contributed by atoms with Crippen LogP contribution in [0.1, 0.15) is 13.3 Å². The van der Waals surface area contributed by atoms with Gasteiger partial charge in [0.25, 0.3) is 0 Å². The van der Waals surface area contributed by atoms with E-state index in [1.807, 2.05) is 0 Å². The van der Waals surface area contributed by atoms with E-state index in [1.165, 1.54) is 0 Å². The van der Waals surface area contributed by atoms with E-state index in [0.29, 0.717) is 0 Å². The van der Waals surface area contributed by atoms with E-state index in [0.717, 1.165) is 6.92 Å². The molecule has 10 heavy (non-hydrogen) atoms. The van der Waals surface area contributed by atoms with Crippen molar-refractivity contribution in [2.75, 3.05) is 0 Å². The highest BCUT2D eigenvalue weighted by Gasteiger charge is 2.38. The number of ketones is 1. The molecule has 0 saturated heterocycles. The first-order valence-corrected chi connectivity index (χ1v) is 2.58. The Morgan fingerprint density at radius 1 is 1.60 bits per heavy atom. The van der Waals surface area contributed by atoms with Crippen LogP contribution in [0.5, 0.6) is 0 Å². The van der Waals surface area contributed by atoms with Crippen molar-refractivity contribution in [3.05, 3.63) is 0 Å². The third-order valence-corrected chi connectivity index (χ3v) is 0.859. The Labute approximate surface area is 55.7 Å². The zero-order chi connectivity index (χ0) is 8.36. The number of aliphatic hydroxyl groups excluding tert-OH is 1. The average molecular weight is 156 g/mol. The van der Waals surface area contributed by atoms with Gasteiger partial charge in [0.05, 0.1) is 0 Å². The number of alkyl halides is 3. The Hall–Kier alpha value is -0.580. The third-order valence-electron chi connectivity index (χ3n) is 0.859. The van der Waals surface area contributed by atoms with Gasteiger partial charge in [-0.25, -0.2) is 0 Å². The number of hydrogen-bond acceptors (Lipinski definition) is 2. The minimum absolute atomic E-state index is 0.676. The second-order valence-electron chi connectivity index (χ2n) is 1.96. The molecule has 0 aromatic rings. The van der Waals surface area contributed by atoms with Crippen LogP contribution in [-0.2, 0) is 4.79 Å². The molecule has 0 fully saturated rings. The summed E-state index contributed by atoms with van der Waals surface area (Å²) in [5.41, 5.74) is 0. The summed E-state index contributed by atoms with van der Waals surface area (Å²) in [6.45, 7) is 0.995. The quantitative estimate of drug-likeness (QED) is 0.644. The Balaban J connectivity index is 3.85. The molecule has 0 rings (SSSR count). The largest absolute Gasteiger partial charge is 0.414 e. The zero-order valence-electron chi connectivity index (χ0n) is 5.27. The SMILES string of the molecule is CC(=O)C[C@@H](O)C(F)(F)F. The molecule has 1 atom stereocenters. The predicted molar refractivity (Wildman–Crippen MR) is 27.4 cm³/mol. The van der Waals surface area contributed by atoms with E-state index in [4.69, 9.17) is 5.11 Å². The fourth-order valence-corrected chi connectivity index (χ4v) is 0.388. The van der Waals surface area contributed by atoms with Gasteiger partial charge in [-0.3, -0.25) is 4.79 Å². The summed E-state index contributed by atoms with van der Waals surface area (Å²) in [4.78, 5) is 10.0. The maximum atomic E-state index is 11.4. The number of carbonyl (C=O) groups excluding carboxylic acids is 1. The highest BCUT2D eigenvalue weighted by atomic mass is 19.4. The topological polar surface area (TPSA) is 37.3 Å². The van der Waals surface area contributed by atoms with Crippen LogP contribution in [0.2, 0.25) is 0 Å². The van der Waals surface area contributed by atoms with Gasteiger partial charge in [0.2, 0.25) is 0 Å². The minimum Gasteiger partial charge on any atom is -0.383 e. The molecule has 2 nitrogen and oxygen atoms in total. The highest BCUT2D eigenvalue weighted by Crippen LogP contribution is 2.21. The van der Waals surface area contributed by atoms with Crippen molar-refractivity contribution < 1.29 is 23.1 Å². The van der Waals surface area contributed by atoms with Crippen LogP contribution in [0.3, 0.4) is 0 Å². The van der Waals surface area contributed by atoms with Crippen LogP contribution in [0.25, 0.3) is 0 Å². The van der Waals surface area contributed by atoms with E-state index < -0.39 is 24.5 Å². The van der Waals surface area contributed by atoms with Crippen LogP contribution in [0.4, 0.5) is 13.2 Å². The molecule has 1 N–H and O–H groups in total. The fourth-order valence-electron chi connectivity index (χ4n) is 0.388. The first-order chi connectivity index (χ1) is 4.34. The summed E-state index contributed by atoms with van der Waals surface area (Å²) >= 11 is 0. The molecular formula is C5H7F3O2. The molecule has 0 saturated carbocycles. The van der Waals surface area contributed by atoms with Gasteiger partial charge >= 0.3 is 6.18 Å². The zero-order valence-corrected chi connectivity index (χ0v) is 5.27. The van der Waals surface area contributed by atoms with Crippen molar-refractivity contribution in [1.82, 2.24) is 0 Å². The average Bonchev–Trinajstić information content (AvgIpc) is 1.60. The summed E-state index contributed by atoms with van der Waals surface area (Å²) in [5, 5.41) is 8.21. The monoisotopic (exact) mass is 156 g/mol. The molecule has 0 bridgehead atoms. The molecule has 0 unspecified atom stereocenters. The molecule has 60 valence electrons. The summed E-state index contributed by atoms with van der Waals surface area (Å²) in [7, 11) is 0. The molecule has 5 heteroatoms. The highest BCUT2D eigenvalue weighted by molar-refractivity contribution is 5.76. The lowest BCUT2D eigenvalue weighted by Gasteiger charge is -2.11. The van der Waals surface area contributed by atoms with Gasteiger partial charge in [0.15, 0.2) is 6.10 Å². The molecule has 0 amide bonds. The van der Waals surface area contributed by atoms with Crippen LogP contribution in [0, 0.1) is 0 Å². The minimum atomic E-state index is -4.67. The summed E-state index contributed by atoms with van der Waals surface area (Å²) in [6, 6.07) is 0. The Bertz CT molecular complexity index is 129. The fraction of sp³-hybridized carbons (Fsp3) is 0.800. The molecule has 0 aromatic heterocycles. The molecule has 0 heterocycles. The number of Topliss-reactive ketones (excluding diaryl/α,β-unsaturated/α-hetero) is 1. The summed E-state index contributed by atoms with van der Waals surface area (Å²) in [6.07, 6.45) is -8.04. The van der Waals surface area contributed by atoms with Gasteiger partial charge in [-0.1, -0.05) is 0 Å². The van der Waals surface area contributed by atoms with Gasteiger partial charge < -0.3 is 5.11 Å². The van der Waals surface area contributed by atoms with E-state index in [1.54, 1.807) is 0 Å². The Morgan fingerprint density at radius 2 is 2.00 bits per heavy atom. The lowest BCUT2D eigenvalue weighted by Crippen LogP contribution is -2.30. The van der Waals surface area contributed by atoms with Crippen LogP contribution in [0.15, 0.2) is 0 Å². The molecule has 0 radical (unpaired) electrons. The standard InChI is InChI=1S/C5H7F3O2/c1-3(9)2-4(10)5(6,7)8/h4,10H,2H2,1H3/t4-/m1/s1. The van der Waals surface area contributed by atoms with E-state index in [9.17, 15) is 18.0 Å². The van der Waals surface area contributed by atoms with Crippen molar-refractivity contribution in [3.8, 4) is 0 Å². The van der Waals surface area contributed by atoms with Gasteiger partial charge in [0, 0.05) is 6.42 Å². The smallest absolute Gasteiger partial charge is 0.383 e. The first kappa shape index (κ1) is 9.42. The van der Waals surface area contributed by atoms with Crippen LogP contribution in [-0.4, -0.2) is 23.2 Å². The van der Waals surface area contributed by atoms with Crippen LogP contribution < -0.4 is 0 Å². The number of carbonyl (C=O) groups is 1. The van der Waals surface area contributed by atoms with Crippen molar-refractivity contribution in [2.24, 2.45) is 0 Å². The van der Waals surface area contributed by atoms with E-state index >= 15 is 0 Å². The molecular weight excluding hydrogens is 149 g/mol. The maximum Gasteiger partial charge on any atom is 0.414 e. The van der Waals surface area contributed by atoms with Gasteiger partial charge in [0.1, 0.15) is 5.78 Å². The predicted octanol–water partition coefficient (Wildman–Crippen LogP) is 0.889. The lowest BCUT2D eigenvalue weighted by molar-refractivity contribution is -0.205.